The van der Waals surface area contributed by atoms with Crippen molar-refractivity contribution in [1.29, 1.82) is 0 Å². The molecule has 1 unspecified atom stereocenters. The molecule has 1 aliphatic rings. The molecular formula is C23H25N3O6. The predicted molar refractivity (Wildman–Crippen MR) is 115 cm³/mol. The van der Waals surface area contributed by atoms with E-state index in [4.69, 9.17) is 23.5 Å². The SMILES string of the molecule is COc1ccc(CN2CC(c3nc(-c4ccc(OC)c(OC)c4)no3)CC2=O)cc1OC. The molecule has 0 N–H and O–H groups in total. The Labute approximate surface area is 185 Å². The Morgan fingerprint density at radius 1 is 0.938 bits per heavy atom. The number of hydrogen-bond acceptors (Lipinski definition) is 8. The van der Waals surface area contributed by atoms with Crippen LogP contribution in [0, 0.1) is 0 Å². The second kappa shape index (κ2) is 9.17. The highest BCUT2D eigenvalue weighted by atomic mass is 16.5. The molecule has 1 aliphatic heterocycles. The van der Waals surface area contributed by atoms with Gasteiger partial charge in [-0.1, -0.05) is 11.2 Å². The monoisotopic (exact) mass is 439 g/mol. The molecule has 32 heavy (non-hydrogen) atoms. The van der Waals surface area contributed by atoms with E-state index in [1.807, 2.05) is 24.3 Å². The highest BCUT2D eigenvalue weighted by Gasteiger charge is 2.34. The fourth-order valence-electron chi connectivity index (χ4n) is 3.78. The first kappa shape index (κ1) is 21.5. The van der Waals surface area contributed by atoms with Crippen LogP contribution >= 0.6 is 0 Å². The molecule has 1 atom stereocenters. The van der Waals surface area contributed by atoms with Gasteiger partial charge in [0.05, 0.1) is 34.4 Å². The van der Waals surface area contributed by atoms with Gasteiger partial charge in [-0.3, -0.25) is 4.79 Å². The lowest BCUT2D eigenvalue weighted by Crippen LogP contribution is -2.24. The maximum Gasteiger partial charge on any atom is 0.232 e. The zero-order chi connectivity index (χ0) is 22.7. The minimum atomic E-state index is -0.163. The van der Waals surface area contributed by atoms with Gasteiger partial charge < -0.3 is 28.4 Å². The lowest BCUT2D eigenvalue weighted by molar-refractivity contribution is -0.128. The van der Waals surface area contributed by atoms with Crippen LogP contribution in [0.2, 0.25) is 0 Å². The van der Waals surface area contributed by atoms with Gasteiger partial charge in [-0.2, -0.15) is 4.98 Å². The number of methoxy groups -OCH3 is 4. The van der Waals surface area contributed by atoms with Crippen LogP contribution in [0.25, 0.3) is 11.4 Å². The molecular weight excluding hydrogens is 414 g/mol. The number of rotatable bonds is 8. The van der Waals surface area contributed by atoms with E-state index in [0.717, 1.165) is 11.1 Å². The quantitative estimate of drug-likeness (QED) is 0.528. The van der Waals surface area contributed by atoms with Crippen molar-refractivity contribution < 1.29 is 28.3 Å². The smallest absolute Gasteiger partial charge is 0.232 e. The van der Waals surface area contributed by atoms with Gasteiger partial charge in [0, 0.05) is 25.1 Å². The average molecular weight is 439 g/mol. The molecule has 1 amide bonds. The van der Waals surface area contributed by atoms with Crippen molar-refractivity contribution in [3.63, 3.8) is 0 Å². The molecule has 3 aromatic rings. The lowest BCUT2D eigenvalue weighted by atomic mass is 10.1. The molecule has 168 valence electrons. The van der Waals surface area contributed by atoms with Crippen LogP contribution in [0.1, 0.15) is 23.8 Å². The predicted octanol–water partition coefficient (Wildman–Crippen LogP) is 3.29. The van der Waals surface area contributed by atoms with Crippen LogP contribution in [0.4, 0.5) is 0 Å². The van der Waals surface area contributed by atoms with Gasteiger partial charge in [0.2, 0.25) is 17.6 Å². The number of hydrogen-bond donors (Lipinski definition) is 0. The molecule has 0 aliphatic carbocycles. The Morgan fingerprint density at radius 2 is 1.59 bits per heavy atom. The number of carbonyl (C=O) groups is 1. The summed E-state index contributed by atoms with van der Waals surface area (Å²) in [6.45, 7) is 0.965. The Morgan fingerprint density at radius 3 is 2.28 bits per heavy atom. The number of nitrogens with zero attached hydrogens (tertiary/aromatic N) is 3. The highest BCUT2D eigenvalue weighted by molar-refractivity contribution is 5.79. The summed E-state index contributed by atoms with van der Waals surface area (Å²) in [5.74, 6) is 3.23. The van der Waals surface area contributed by atoms with Gasteiger partial charge in [-0.25, -0.2) is 0 Å². The summed E-state index contributed by atoms with van der Waals surface area (Å²) in [6.07, 6.45) is 0.320. The van der Waals surface area contributed by atoms with Crippen LogP contribution in [0.3, 0.4) is 0 Å². The topological polar surface area (TPSA) is 96.2 Å². The molecule has 2 aromatic carbocycles. The lowest BCUT2D eigenvalue weighted by Gasteiger charge is -2.17. The Bertz CT molecular complexity index is 1110. The van der Waals surface area contributed by atoms with Crippen molar-refractivity contribution >= 4 is 5.91 Å². The van der Waals surface area contributed by atoms with Crippen molar-refractivity contribution in [2.24, 2.45) is 0 Å². The minimum absolute atomic E-state index is 0.0376. The van der Waals surface area contributed by atoms with E-state index in [2.05, 4.69) is 10.1 Å². The van der Waals surface area contributed by atoms with E-state index in [1.54, 1.807) is 45.5 Å². The molecule has 1 aromatic heterocycles. The maximum absolute atomic E-state index is 12.6. The largest absolute Gasteiger partial charge is 0.493 e. The average Bonchev–Trinajstić information content (AvgIpc) is 3.45. The minimum Gasteiger partial charge on any atom is -0.493 e. The van der Waals surface area contributed by atoms with Gasteiger partial charge in [0.15, 0.2) is 23.0 Å². The van der Waals surface area contributed by atoms with Gasteiger partial charge >= 0.3 is 0 Å². The third-order valence-electron chi connectivity index (χ3n) is 5.47. The summed E-state index contributed by atoms with van der Waals surface area (Å²) in [6, 6.07) is 11.0. The molecule has 4 rings (SSSR count). The summed E-state index contributed by atoms with van der Waals surface area (Å²) in [5, 5.41) is 4.10. The van der Waals surface area contributed by atoms with Gasteiger partial charge in [-0.05, 0) is 35.9 Å². The number of aromatic nitrogens is 2. The number of carbonyl (C=O) groups excluding carboxylic acids is 1. The Balaban J connectivity index is 1.48. The van der Waals surface area contributed by atoms with Crippen molar-refractivity contribution in [3.8, 4) is 34.4 Å². The number of likely N-dealkylation sites (tertiary alicyclic amines) is 1. The normalized spacial score (nSPS) is 15.7. The van der Waals surface area contributed by atoms with Crippen LogP contribution in [0.15, 0.2) is 40.9 Å². The maximum atomic E-state index is 12.6. The van der Waals surface area contributed by atoms with Crippen molar-refractivity contribution in [3.05, 3.63) is 47.9 Å². The van der Waals surface area contributed by atoms with Gasteiger partial charge in [-0.15, -0.1) is 0 Å². The number of ether oxygens (including phenoxy) is 4. The van der Waals surface area contributed by atoms with E-state index in [0.29, 0.717) is 54.2 Å². The fourth-order valence-corrected chi connectivity index (χ4v) is 3.78. The first-order valence-corrected chi connectivity index (χ1v) is 10.1. The summed E-state index contributed by atoms with van der Waals surface area (Å²) in [4.78, 5) is 18.9. The first-order chi connectivity index (χ1) is 15.6. The van der Waals surface area contributed by atoms with Gasteiger partial charge in [0.1, 0.15) is 0 Å². The van der Waals surface area contributed by atoms with Crippen molar-refractivity contribution in [1.82, 2.24) is 15.0 Å². The molecule has 2 heterocycles. The third-order valence-corrected chi connectivity index (χ3v) is 5.47. The first-order valence-electron chi connectivity index (χ1n) is 10.1. The second-order valence-corrected chi connectivity index (χ2v) is 7.39. The van der Waals surface area contributed by atoms with Crippen LogP contribution in [0.5, 0.6) is 23.0 Å². The number of amides is 1. The molecule has 9 nitrogen and oxygen atoms in total. The zero-order valence-corrected chi connectivity index (χ0v) is 18.5. The molecule has 0 radical (unpaired) electrons. The van der Waals surface area contributed by atoms with E-state index >= 15 is 0 Å². The van der Waals surface area contributed by atoms with Crippen molar-refractivity contribution in [2.45, 2.75) is 18.9 Å². The Hall–Kier alpha value is -3.75. The fraction of sp³-hybridized carbons (Fsp3) is 0.348. The molecule has 0 saturated carbocycles. The van der Waals surface area contributed by atoms with Gasteiger partial charge in [0.25, 0.3) is 0 Å². The van der Waals surface area contributed by atoms with Crippen LogP contribution < -0.4 is 18.9 Å². The molecule has 1 saturated heterocycles. The molecule has 0 spiro atoms. The zero-order valence-electron chi connectivity index (χ0n) is 18.5. The summed E-state index contributed by atoms with van der Waals surface area (Å²) < 4.78 is 26.7. The summed E-state index contributed by atoms with van der Waals surface area (Å²) in [5.41, 5.74) is 1.69. The van der Waals surface area contributed by atoms with Crippen LogP contribution in [-0.2, 0) is 11.3 Å². The van der Waals surface area contributed by atoms with E-state index in [9.17, 15) is 4.79 Å². The Kier molecular flexibility index (Phi) is 6.16. The highest BCUT2D eigenvalue weighted by Crippen LogP contribution is 2.34. The standard InChI is InChI=1S/C23H25N3O6/c1-28-17-7-5-14(9-19(17)30-3)12-26-13-16(11-21(26)27)23-24-22(25-32-23)15-6-8-18(29-2)20(10-15)31-4/h5-10,16H,11-13H2,1-4H3. The summed E-state index contributed by atoms with van der Waals surface area (Å²) in [7, 11) is 6.33. The van der Waals surface area contributed by atoms with E-state index in [1.165, 1.54) is 0 Å². The molecule has 0 bridgehead atoms. The van der Waals surface area contributed by atoms with Crippen molar-refractivity contribution in [2.75, 3.05) is 35.0 Å². The number of benzene rings is 2. The third kappa shape index (κ3) is 4.18. The summed E-state index contributed by atoms with van der Waals surface area (Å²) >= 11 is 0. The van der Waals surface area contributed by atoms with E-state index in [-0.39, 0.29) is 11.8 Å². The van der Waals surface area contributed by atoms with E-state index < -0.39 is 0 Å². The van der Waals surface area contributed by atoms with Crippen LogP contribution in [-0.4, -0.2) is 55.9 Å². The molecule has 9 heteroatoms. The molecule has 1 fully saturated rings. The second-order valence-electron chi connectivity index (χ2n) is 7.39.